The minimum Gasteiger partial charge on any atom is -0.443 e. The maximum absolute atomic E-state index is 14.2. The van der Waals surface area contributed by atoms with Crippen LogP contribution in [0.3, 0.4) is 0 Å². The second kappa shape index (κ2) is 5.45. The number of cyclic esters (lactones) is 1. The summed E-state index contributed by atoms with van der Waals surface area (Å²) in [5, 5.41) is 0. The largest absolute Gasteiger partial charge is 0.443 e. The number of nitrogens with zero attached hydrogens (tertiary/aromatic N) is 3. The molecule has 0 aliphatic carbocycles. The van der Waals surface area contributed by atoms with E-state index in [9.17, 15) is 9.18 Å². The quantitative estimate of drug-likeness (QED) is 0.927. The molecule has 2 aromatic rings. The van der Waals surface area contributed by atoms with Gasteiger partial charge in [0.1, 0.15) is 18.2 Å². The molecule has 3 rings (SSSR count). The van der Waals surface area contributed by atoms with Crippen molar-refractivity contribution in [1.82, 2.24) is 9.97 Å². The van der Waals surface area contributed by atoms with Gasteiger partial charge >= 0.3 is 6.09 Å². The van der Waals surface area contributed by atoms with Gasteiger partial charge in [-0.15, -0.1) is 0 Å². The van der Waals surface area contributed by atoms with E-state index in [2.05, 4.69) is 9.97 Å². The van der Waals surface area contributed by atoms with Gasteiger partial charge in [-0.2, -0.15) is 0 Å². The Hall–Kier alpha value is -2.54. The number of hydrogen-bond donors (Lipinski definition) is 1. The second-order valence-corrected chi connectivity index (χ2v) is 4.64. The first-order chi connectivity index (χ1) is 10.2. The zero-order chi connectivity index (χ0) is 14.8. The Morgan fingerprint density at radius 1 is 1.38 bits per heavy atom. The number of amides is 1. The standard InChI is InChI=1S/C14H13FN4O2/c15-13-3-10(19-7-11(4-16)21-14(19)20)1-2-12(13)9-5-17-8-18-6-9/h1-3,5-6,8,11H,4,7,16H2. The Balaban J connectivity index is 1.90. The van der Waals surface area contributed by atoms with E-state index < -0.39 is 11.9 Å². The highest BCUT2D eigenvalue weighted by molar-refractivity contribution is 5.90. The first kappa shape index (κ1) is 13.4. The number of aromatic nitrogens is 2. The Morgan fingerprint density at radius 3 is 2.76 bits per heavy atom. The summed E-state index contributed by atoms with van der Waals surface area (Å²) in [5.41, 5.74) is 6.86. The van der Waals surface area contributed by atoms with E-state index in [-0.39, 0.29) is 12.6 Å². The Kier molecular flexibility index (Phi) is 3.49. The van der Waals surface area contributed by atoms with Gasteiger partial charge in [0.25, 0.3) is 0 Å². The van der Waals surface area contributed by atoms with Gasteiger partial charge in [0.2, 0.25) is 0 Å². The molecule has 0 radical (unpaired) electrons. The molecule has 1 atom stereocenters. The molecule has 21 heavy (non-hydrogen) atoms. The lowest BCUT2D eigenvalue weighted by Gasteiger charge is -2.14. The lowest BCUT2D eigenvalue weighted by molar-refractivity contribution is 0.145. The fourth-order valence-electron chi connectivity index (χ4n) is 2.20. The summed E-state index contributed by atoms with van der Waals surface area (Å²) in [4.78, 5) is 20.8. The summed E-state index contributed by atoms with van der Waals surface area (Å²) in [6, 6.07) is 4.54. The first-order valence-corrected chi connectivity index (χ1v) is 6.42. The zero-order valence-corrected chi connectivity index (χ0v) is 11.1. The van der Waals surface area contributed by atoms with Crippen LogP contribution in [0.4, 0.5) is 14.9 Å². The molecule has 6 nitrogen and oxygen atoms in total. The number of hydrogen-bond acceptors (Lipinski definition) is 5. The highest BCUT2D eigenvalue weighted by Gasteiger charge is 2.31. The average Bonchev–Trinajstić information content (AvgIpc) is 2.89. The summed E-state index contributed by atoms with van der Waals surface area (Å²) in [6.07, 6.45) is 3.56. The molecule has 0 bridgehead atoms. The number of halogens is 1. The van der Waals surface area contributed by atoms with Crippen LogP contribution in [0.2, 0.25) is 0 Å². The minimum absolute atomic E-state index is 0.240. The average molecular weight is 288 g/mol. The van der Waals surface area contributed by atoms with E-state index in [0.29, 0.717) is 23.4 Å². The number of nitrogens with two attached hydrogens (primary N) is 1. The molecule has 1 aliphatic rings. The van der Waals surface area contributed by atoms with Gasteiger partial charge in [0.05, 0.1) is 12.2 Å². The summed E-state index contributed by atoms with van der Waals surface area (Å²) in [6.45, 7) is 0.562. The molecule has 1 saturated heterocycles. The van der Waals surface area contributed by atoms with Crippen LogP contribution >= 0.6 is 0 Å². The van der Waals surface area contributed by atoms with Gasteiger partial charge < -0.3 is 10.5 Å². The van der Waals surface area contributed by atoms with Gasteiger partial charge in [0.15, 0.2) is 0 Å². The van der Waals surface area contributed by atoms with Crippen molar-refractivity contribution < 1.29 is 13.9 Å². The van der Waals surface area contributed by atoms with Crippen LogP contribution in [0.15, 0.2) is 36.9 Å². The van der Waals surface area contributed by atoms with E-state index in [1.165, 1.54) is 29.7 Å². The topological polar surface area (TPSA) is 81.3 Å². The van der Waals surface area contributed by atoms with Crippen LogP contribution in [0.5, 0.6) is 0 Å². The number of benzene rings is 1. The summed E-state index contributed by atoms with van der Waals surface area (Å²) in [7, 11) is 0. The molecule has 1 aromatic heterocycles. The molecular formula is C14H13FN4O2. The summed E-state index contributed by atoms with van der Waals surface area (Å²) >= 11 is 0. The van der Waals surface area contributed by atoms with Crippen LogP contribution in [0.25, 0.3) is 11.1 Å². The molecule has 2 heterocycles. The molecule has 1 unspecified atom stereocenters. The number of carbonyl (C=O) groups excluding carboxylic acids is 1. The van der Waals surface area contributed by atoms with E-state index in [1.54, 1.807) is 12.1 Å². The Bertz CT molecular complexity index is 665. The van der Waals surface area contributed by atoms with E-state index in [0.717, 1.165) is 0 Å². The van der Waals surface area contributed by atoms with Crippen molar-refractivity contribution in [2.75, 3.05) is 18.0 Å². The normalized spacial score (nSPS) is 17.9. The Morgan fingerprint density at radius 2 is 2.14 bits per heavy atom. The maximum Gasteiger partial charge on any atom is 0.414 e. The fourth-order valence-corrected chi connectivity index (χ4v) is 2.20. The van der Waals surface area contributed by atoms with Gasteiger partial charge in [-0.25, -0.2) is 19.2 Å². The van der Waals surface area contributed by atoms with Crippen molar-refractivity contribution in [3.63, 3.8) is 0 Å². The fraction of sp³-hybridized carbons (Fsp3) is 0.214. The molecule has 0 spiro atoms. The summed E-state index contributed by atoms with van der Waals surface area (Å²) in [5.74, 6) is -0.453. The number of ether oxygens (including phenoxy) is 1. The van der Waals surface area contributed by atoms with Gasteiger partial charge in [-0.3, -0.25) is 4.90 Å². The van der Waals surface area contributed by atoms with E-state index in [1.807, 2.05) is 0 Å². The highest BCUT2D eigenvalue weighted by Crippen LogP contribution is 2.28. The third kappa shape index (κ3) is 2.55. The third-order valence-corrected chi connectivity index (χ3v) is 3.27. The zero-order valence-electron chi connectivity index (χ0n) is 11.1. The lowest BCUT2D eigenvalue weighted by atomic mass is 10.1. The molecule has 1 fully saturated rings. The Labute approximate surface area is 120 Å². The van der Waals surface area contributed by atoms with Gasteiger partial charge in [0, 0.05) is 30.1 Å². The number of carbonyl (C=O) groups is 1. The molecule has 7 heteroatoms. The van der Waals surface area contributed by atoms with Crippen molar-refractivity contribution in [3.05, 3.63) is 42.7 Å². The molecular weight excluding hydrogens is 275 g/mol. The predicted molar refractivity (Wildman–Crippen MR) is 74.1 cm³/mol. The third-order valence-electron chi connectivity index (χ3n) is 3.27. The monoisotopic (exact) mass is 288 g/mol. The van der Waals surface area contributed by atoms with Crippen LogP contribution in [0.1, 0.15) is 0 Å². The van der Waals surface area contributed by atoms with Crippen molar-refractivity contribution in [3.8, 4) is 11.1 Å². The predicted octanol–water partition coefficient (Wildman–Crippen LogP) is 1.57. The second-order valence-electron chi connectivity index (χ2n) is 4.64. The van der Waals surface area contributed by atoms with Crippen LogP contribution in [-0.4, -0.2) is 35.3 Å². The molecule has 0 saturated carbocycles. The lowest BCUT2D eigenvalue weighted by Crippen LogP contribution is -2.27. The molecule has 1 aromatic carbocycles. The van der Waals surface area contributed by atoms with Crippen molar-refractivity contribution in [2.45, 2.75) is 6.10 Å². The van der Waals surface area contributed by atoms with Crippen LogP contribution in [-0.2, 0) is 4.74 Å². The van der Waals surface area contributed by atoms with Gasteiger partial charge in [-0.1, -0.05) is 0 Å². The summed E-state index contributed by atoms with van der Waals surface area (Å²) < 4.78 is 19.3. The van der Waals surface area contributed by atoms with E-state index >= 15 is 0 Å². The molecule has 1 aliphatic heterocycles. The number of anilines is 1. The smallest absolute Gasteiger partial charge is 0.414 e. The maximum atomic E-state index is 14.2. The van der Waals surface area contributed by atoms with Crippen molar-refractivity contribution >= 4 is 11.8 Å². The van der Waals surface area contributed by atoms with E-state index in [4.69, 9.17) is 10.5 Å². The molecule has 1 amide bonds. The molecule has 108 valence electrons. The first-order valence-electron chi connectivity index (χ1n) is 6.42. The van der Waals surface area contributed by atoms with Crippen molar-refractivity contribution in [2.24, 2.45) is 5.73 Å². The van der Waals surface area contributed by atoms with Crippen molar-refractivity contribution in [1.29, 1.82) is 0 Å². The number of rotatable bonds is 3. The van der Waals surface area contributed by atoms with Gasteiger partial charge in [-0.05, 0) is 18.2 Å². The van der Waals surface area contributed by atoms with Crippen LogP contribution < -0.4 is 10.6 Å². The molecule has 2 N–H and O–H groups in total. The SMILES string of the molecule is NCC1CN(c2ccc(-c3cncnc3)c(F)c2)C(=O)O1. The highest BCUT2D eigenvalue weighted by atomic mass is 19.1. The van der Waals surface area contributed by atoms with Crippen LogP contribution in [0, 0.1) is 5.82 Å². The minimum atomic E-state index is -0.513.